The maximum absolute atomic E-state index is 14.6. The lowest BCUT2D eigenvalue weighted by molar-refractivity contribution is -0.131. The Balaban J connectivity index is 3.05. The quantitative estimate of drug-likeness (QED) is 0.0189. The number of guanidine groups is 8. The second-order valence-electron chi connectivity index (χ2n) is 33.3. The fraction of sp³-hybridized carbons (Fsp3) is 0.802. The van der Waals surface area contributed by atoms with Crippen LogP contribution in [0.4, 0.5) is 37.0 Å². The summed E-state index contributed by atoms with van der Waals surface area (Å²) in [6, 6.07) is 0. The summed E-state index contributed by atoms with van der Waals surface area (Å²) in [6.07, 6.45) is 26.4. The number of carbonyl (C=O) groups is 6. The van der Waals surface area contributed by atoms with Crippen LogP contribution < -0.4 is 106 Å². The third-order valence-corrected chi connectivity index (χ3v) is 21.7. The van der Waals surface area contributed by atoms with Crippen LogP contribution in [0.3, 0.4) is 0 Å². The molecule has 2 heterocycles. The number of hydrogen-bond acceptors (Lipinski definition) is 24. The highest BCUT2D eigenvalue weighted by Gasteiger charge is 2.29. The van der Waals surface area contributed by atoms with Crippen LogP contribution in [0.5, 0.6) is 0 Å². The van der Waals surface area contributed by atoms with Crippen LogP contribution in [0.1, 0.15) is 258 Å². The van der Waals surface area contributed by atoms with Crippen molar-refractivity contribution in [2.24, 2.45) is 138 Å². The van der Waals surface area contributed by atoms with Gasteiger partial charge in [-0.3, -0.25) is 49.5 Å². The number of anilines is 3. The molecule has 5 amide bonds. The molecule has 45 heteroatoms. The number of aliphatic imine (C=N–C) groups is 8. The summed E-state index contributed by atoms with van der Waals surface area (Å²) in [5.41, 5.74) is 89.7. The van der Waals surface area contributed by atoms with Gasteiger partial charge in [0, 0.05) is 150 Å². The van der Waals surface area contributed by atoms with Crippen LogP contribution in [0.15, 0.2) is 39.9 Å². The minimum Gasteiger partial charge on any atom is -0.448 e. The van der Waals surface area contributed by atoms with Gasteiger partial charge in [0.25, 0.3) is 0 Å². The Kier molecular flexibility index (Phi) is 66.7. The standard InChI is InChI=1S/C86H171N35O10/c1-69(2)70(122)39-21-3-4-22-40-71(123)114-57-59-115(60-58-114)80-111-81(116(61-65-128-83(124)118(49-31-13-5-23-41-103-72(87)88)50-32-14-6-24-42-104-73(89)90)62-66-129-84(125)119(51-33-15-7-25-43-105-74(91)92)52-34-16-8-26-44-106-75(93)94)113-82(112-80)117(63-67-130-85(126)120(53-35-17-9-27-45-107-76(95)96)54-36-18-10-28-46-108-77(97)98)64-68-131-86(127)121(55-37-19-11-29-47-109-78(99)100)56-38-20-12-30-48-110-79(101)102/h69H,3-68H2,1-2H3,(H4,87,88,103)(H4,89,90,104)(H4,91,92,105)(H4,93,94,106)(H4,95,96,107)(H4,97,98,108)(H4,99,100,109)(H4,101,102,110). The lowest BCUT2D eigenvalue weighted by Crippen LogP contribution is -2.49. The summed E-state index contributed by atoms with van der Waals surface area (Å²) in [5, 5.41) is 0. The van der Waals surface area contributed by atoms with Gasteiger partial charge in [-0.15, -0.1) is 0 Å². The van der Waals surface area contributed by atoms with E-state index in [1.807, 2.05) is 23.6 Å². The van der Waals surface area contributed by atoms with E-state index in [4.69, 9.17) is 126 Å². The number of ether oxygens (including phenoxy) is 4. The lowest BCUT2D eigenvalue weighted by atomic mass is 10.0. The van der Waals surface area contributed by atoms with Crippen molar-refractivity contribution < 1.29 is 47.7 Å². The number of hydrogen-bond donors (Lipinski definition) is 16. The van der Waals surface area contributed by atoms with E-state index in [1.54, 1.807) is 29.4 Å². The Morgan fingerprint density at radius 1 is 0.275 bits per heavy atom. The molecule has 0 aromatic carbocycles. The number of carbonyl (C=O) groups excluding carboxylic acids is 6. The van der Waals surface area contributed by atoms with Crippen molar-refractivity contribution in [1.82, 2.24) is 39.5 Å². The summed E-state index contributed by atoms with van der Waals surface area (Å²) in [7, 11) is 0. The molecule has 1 aliphatic heterocycles. The number of ketones is 1. The molecule has 131 heavy (non-hydrogen) atoms. The highest BCUT2D eigenvalue weighted by Crippen LogP contribution is 2.24. The van der Waals surface area contributed by atoms with Crippen LogP contribution in [-0.2, 0) is 28.5 Å². The Morgan fingerprint density at radius 3 is 0.695 bits per heavy atom. The van der Waals surface area contributed by atoms with Crippen LogP contribution >= 0.6 is 0 Å². The SMILES string of the molecule is CC(C)C(=O)CCCCCCC(=O)N1CCN(c2nc(N(CCOC(=O)N(CCCCCCN=C(N)N)CCCCCCN=C(N)N)CCOC(=O)N(CCCCCCN=C(N)N)CCCCCCN=C(N)N)nc(N(CCOC(=O)N(CCCCCCN=C(N)N)CCCCCCN=C(N)N)CCOC(=O)N(CCCCCCN=C(N)N)CCCCCCN=C(N)N)n2)CC1. The maximum Gasteiger partial charge on any atom is 0.409 e. The first-order chi connectivity index (χ1) is 63.1. The topological polar surface area (TPSA) is 719 Å². The molecule has 1 aliphatic rings. The van der Waals surface area contributed by atoms with Crippen LogP contribution in [0.25, 0.3) is 0 Å². The van der Waals surface area contributed by atoms with Gasteiger partial charge in [-0.05, 0) is 116 Å². The third-order valence-electron chi connectivity index (χ3n) is 21.7. The van der Waals surface area contributed by atoms with E-state index in [9.17, 15) is 28.8 Å². The van der Waals surface area contributed by atoms with E-state index in [1.165, 1.54) is 0 Å². The summed E-state index contributed by atoms with van der Waals surface area (Å²) in [4.78, 5) is 148. The van der Waals surface area contributed by atoms with Gasteiger partial charge in [0.15, 0.2) is 47.7 Å². The molecule has 32 N–H and O–H groups in total. The fourth-order valence-corrected chi connectivity index (χ4v) is 14.2. The first-order valence-corrected chi connectivity index (χ1v) is 48.0. The molecule has 0 aliphatic carbocycles. The molecule has 1 aromatic rings. The number of amides is 5. The van der Waals surface area contributed by atoms with Gasteiger partial charge in [0.05, 0.1) is 26.2 Å². The van der Waals surface area contributed by atoms with Gasteiger partial charge < -0.3 is 150 Å². The number of aromatic nitrogens is 3. The zero-order chi connectivity index (χ0) is 96.3. The highest BCUT2D eigenvalue weighted by atomic mass is 16.6. The Bertz CT molecular complexity index is 3010. The van der Waals surface area contributed by atoms with Crippen LogP contribution in [-0.4, -0.2) is 307 Å². The minimum atomic E-state index is -0.534. The predicted octanol–water partition coefficient (Wildman–Crippen LogP) is 4.12. The third kappa shape index (κ3) is 63.5. The number of nitrogens with zero attached hydrogens (tertiary/aromatic N) is 19. The molecule has 2 rings (SSSR count). The fourth-order valence-electron chi connectivity index (χ4n) is 14.2. The van der Waals surface area contributed by atoms with Crippen molar-refractivity contribution in [3.05, 3.63) is 0 Å². The van der Waals surface area contributed by atoms with E-state index in [0.717, 1.165) is 173 Å². The Morgan fingerprint density at radius 2 is 0.481 bits per heavy atom. The van der Waals surface area contributed by atoms with E-state index < -0.39 is 24.4 Å². The molecule has 0 spiro atoms. The molecule has 0 unspecified atom stereocenters. The monoisotopic (exact) mass is 1850 g/mol. The van der Waals surface area contributed by atoms with Gasteiger partial charge in [-0.1, -0.05) is 129 Å². The van der Waals surface area contributed by atoms with Crippen LogP contribution in [0, 0.1) is 5.92 Å². The van der Waals surface area contributed by atoms with Crippen molar-refractivity contribution in [2.45, 2.75) is 258 Å². The highest BCUT2D eigenvalue weighted by molar-refractivity contribution is 5.81. The Hall–Kier alpha value is -11.2. The molecule has 0 atom stereocenters. The molecular formula is C86H171N35O10. The second-order valence-corrected chi connectivity index (χ2v) is 33.3. The van der Waals surface area contributed by atoms with Crippen molar-refractivity contribution in [2.75, 3.05) is 198 Å². The van der Waals surface area contributed by atoms with Gasteiger partial charge in [0.1, 0.15) is 32.2 Å². The van der Waals surface area contributed by atoms with Crippen LogP contribution in [0.2, 0.25) is 0 Å². The Labute approximate surface area is 778 Å². The van der Waals surface area contributed by atoms with Gasteiger partial charge >= 0.3 is 24.4 Å². The first-order valence-electron chi connectivity index (χ1n) is 48.0. The second kappa shape index (κ2) is 75.5. The molecule has 0 bridgehead atoms. The average Bonchev–Trinajstić information content (AvgIpc) is 0.803. The summed E-state index contributed by atoms with van der Waals surface area (Å²) >= 11 is 0. The van der Waals surface area contributed by atoms with E-state index in [0.29, 0.717) is 202 Å². The number of unbranched alkanes of at least 4 members (excludes halogenated alkanes) is 27. The molecule has 1 fully saturated rings. The number of Topliss-reactive ketones (excluding diaryl/α,β-unsaturated/α-hetero) is 1. The molecule has 1 saturated heterocycles. The number of piperazine rings is 1. The molecule has 1 aromatic heterocycles. The van der Waals surface area contributed by atoms with Gasteiger partial charge in [0.2, 0.25) is 23.8 Å². The zero-order valence-corrected chi connectivity index (χ0v) is 79.6. The van der Waals surface area contributed by atoms with E-state index in [2.05, 4.69) is 39.9 Å². The normalized spacial score (nSPS) is 11.6. The summed E-state index contributed by atoms with van der Waals surface area (Å²) in [6.45, 7) is 11.5. The molecule has 750 valence electrons. The van der Waals surface area contributed by atoms with E-state index >= 15 is 0 Å². The smallest absolute Gasteiger partial charge is 0.409 e. The largest absolute Gasteiger partial charge is 0.448 e. The van der Waals surface area contributed by atoms with Crippen molar-refractivity contribution in [3.63, 3.8) is 0 Å². The summed E-state index contributed by atoms with van der Waals surface area (Å²) in [5.74, 6) is 0.875. The molecule has 0 saturated carbocycles. The van der Waals surface area contributed by atoms with Crippen molar-refractivity contribution >= 4 is 102 Å². The minimum absolute atomic E-state index is 0.0101. The predicted molar refractivity (Wildman–Crippen MR) is 525 cm³/mol. The molecular weight excluding hydrogens is 1680 g/mol. The van der Waals surface area contributed by atoms with Gasteiger partial charge in [-0.25, -0.2) is 19.2 Å². The lowest BCUT2D eigenvalue weighted by Gasteiger charge is -2.35. The maximum atomic E-state index is 14.6. The first kappa shape index (κ1) is 116. The average molecular weight is 1860 g/mol. The number of nitrogens with two attached hydrogens (primary N) is 16. The van der Waals surface area contributed by atoms with Crippen molar-refractivity contribution in [1.29, 1.82) is 0 Å². The molecule has 0 radical (unpaired) electrons. The van der Waals surface area contributed by atoms with Gasteiger partial charge in [-0.2, -0.15) is 15.0 Å². The number of rotatable bonds is 79. The van der Waals surface area contributed by atoms with Crippen molar-refractivity contribution in [3.8, 4) is 0 Å². The zero-order valence-electron chi connectivity index (χ0n) is 79.6. The molecule has 45 nitrogen and oxygen atoms in total. The van der Waals surface area contributed by atoms with E-state index in [-0.39, 0.29) is 136 Å². The summed E-state index contributed by atoms with van der Waals surface area (Å²) < 4.78 is 25.1.